The fraction of sp³-hybridized carbons (Fsp3) is 0.364. The van der Waals surface area contributed by atoms with E-state index in [2.05, 4.69) is 51.4 Å². The van der Waals surface area contributed by atoms with Crippen molar-refractivity contribution >= 4 is 38.5 Å². The molecule has 2 rings (SSSR count). The van der Waals surface area contributed by atoms with Crippen molar-refractivity contribution in [2.75, 3.05) is 17.6 Å². The van der Waals surface area contributed by atoms with Gasteiger partial charge in [-0.25, -0.2) is 0 Å². The number of anilines is 1. The van der Waals surface area contributed by atoms with Gasteiger partial charge in [0.05, 0.1) is 6.54 Å². The Balaban J connectivity index is 2.19. The number of aliphatic imine (C=N–C) groups is 1. The quantitative estimate of drug-likeness (QED) is 0.899. The molecule has 0 fully saturated rings. The molecule has 0 saturated carbocycles. The molecule has 0 spiro atoms. The predicted molar refractivity (Wildman–Crippen MR) is 71.9 cm³/mol. The molecule has 0 aromatic heterocycles. The molecule has 1 aromatic rings. The van der Waals surface area contributed by atoms with Crippen molar-refractivity contribution in [2.24, 2.45) is 4.99 Å². The van der Waals surface area contributed by atoms with Gasteiger partial charge in [0.15, 0.2) is 5.17 Å². The summed E-state index contributed by atoms with van der Waals surface area (Å²) >= 11 is 5.27. The Kier molecular flexibility index (Phi) is 3.70. The highest BCUT2D eigenvalue weighted by Crippen LogP contribution is 2.23. The van der Waals surface area contributed by atoms with Crippen molar-refractivity contribution in [3.63, 3.8) is 0 Å². The number of halogens is 1. The second kappa shape index (κ2) is 5.03. The summed E-state index contributed by atoms with van der Waals surface area (Å²) in [5, 5.41) is 4.43. The molecule has 15 heavy (non-hydrogen) atoms. The van der Waals surface area contributed by atoms with E-state index in [9.17, 15) is 0 Å². The molecule has 4 heteroatoms. The minimum absolute atomic E-state index is 0.936. The summed E-state index contributed by atoms with van der Waals surface area (Å²) in [6.07, 6.45) is 1.03. The number of amidine groups is 1. The Hall–Kier alpha value is -0.480. The summed E-state index contributed by atoms with van der Waals surface area (Å²) in [5.74, 6) is 1.10. The first-order valence-electron chi connectivity index (χ1n) is 5.02. The van der Waals surface area contributed by atoms with Gasteiger partial charge >= 0.3 is 0 Å². The molecule has 1 aromatic carbocycles. The highest BCUT2D eigenvalue weighted by atomic mass is 79.9. The topological polar surface area (TPSA) is 24.4 Å². The zero-order valence-corrected chi connectivity index (χ0v) is 11.0. The van der Waals surface area contributed by atoms with Gasteiger partial charge in [-0.15, -0.1) is 0 Å². The van der Waals surface area contributed by atoms with Gasteiger partial charge in [0.2, 0.25) is 0 Å². The number of rotatable bonds is 2. The Labute approximate surface area is 103 Å². The number of thioether (sulfide) groups is 1. The van der Waals surface area contributed by atoms with Crippen LogP contribution in [0.15, 0.2) is 27.7 Å². The number of hydrogen-bond donors (Lipinski definition) is 1. The molecule has 1 heterocycles. The number of hydrogen-bond acceptors (Lipinski definition) is 3. The van der Waals surface area contributed by atoms with Crippen LogP contribution in [0.4, 0.5) is 5.69 Å². The highest BCUT2D eigenvalue weighted by Gasteiger charge is 2.09. The molecule has 1 aliphatic rings. The van der Waals surface area contributed by atoms with Crippen LogP contribution in [0.5, 0.6) is 0 Å². The van der Waals surface area contributed by atoms with Crippen molar-refractivity contribution in [3.05, 3.63) is 28.2 Å². The molecule has 0 atom stereocenters. The summed E-state index contributed by atoms with van der Waals surface area (Å²) in [6, 6.07) is 6.31. The van der Waals surface area contributed by atoms with Gasteiger partial charge in [-0.2, -0.15) is 0 Å². The Morgan fingerprint density at radius 3 is 3.07 bits per heavy atom. The Bertz CT molecular complexity index is 390. The van der Waals surface area contributed by atoms with E-state index in [1.165, 1.54) is 11.3 Å². The van der Waals surface area contributed by atoms with Gasteiger partial charge in [0.1, 0.15) is 0 Å². The van der Waals surface area contributed by atoms with Gasteiger partial charge in [-0.1, -0.05) is 34.6 Å². The van der Waals surface area contributed by atoms with Crippen molar-refractivity contribution in [3.8, 4) is 0 Å². The maximum absolute atomic E-state index is 4.39. The molecular formula is C11H13BrN2S. The van der Waals surface area contributed by atoms with Crippen LogP contribution in [0, 0.1) is 0 Å². The molecule has 80 valence electrons. The van der Waals surface area contributed by atoms with Crippen molar-refractivity contribution < 1.29 is 0 Å². The van der Waals surface area contributed by atoms with Crippen LogP contribution in [0.1, 0.15) is 12.5 Å². The van der Waals surface area contributed by atoms with Gasteiger partial charge in [0.25, 0.3) is 0 Å². The predicted octanol–water partition coefficient (Wildman–Crippen LogP) is 3.53. The van der Waals surface area contributed by atoms with Crippen molar-refractivity contribution in [1.82, 2.24) is 0 Å². The van der Waals surface area contributed by atoms with E-state index >= 15 is 0 Å². The van der Waals surface area contributed by atoms with Gasteiger partial charge in [0, 0.05) is 15.9 Å². The van der Waals surface area contributed by atoms with E-state index in [0.717, 1.165) is 28.4 Å². The molecule has 1 aliphatic heterocycles. The third kappa shape index (κ3) is 2.75. The number of nitrogens with one attached hydrogen (secondary N) is 1. The van der Waals surface area contributed by atoms with Crippen LogP contribution in [-0.4, -0.2) is 17.5 Å². The monoisotopic (exact) mass is 284 g/mol. The lowest BCUT2D eigenvalue weighted by molar-refractivity contribution is 1.14. The minimum Gasteiger partial charge on any atom is -0.335 e. The smallest absolute Gasteiger partial charge is 0.161 e. The first kappa shape index (κ1) is 11.0. The zero-order valence-electron chi connectivity index (χ0n) is 8.59. The second-order valence-electron chi connectivity index (χ2n) is 3.32. The molecular weight excluding hydrogens is 272 g/mol. The summed E-state index contributed by atoms with van der Waals surface area (Å²) in [7, 11) is 0. The van der Waals surface area contributed by atoms with E-state index in [4.69, 9.17) is 0 Å². The molecule has 2 nitrogen and oxygen atoms in total. The first-order valence-corrected chi connectivity index (χ1v) is 6.80. The normalized spacial score (nSPS) is 15.2. The van der Waals surface area contributed by atoms with Crippen molar-refractivity contribution in [2.45, 2.75) is 13.3 Å². The largest absolute Gasteiger partial charge is 0.335 e. The van der Waals surface area contributed by atoms with E-state index < -0.39 is 0 Å². The average molecular weight is 285 g/mol. The Morgan fingerprint density at radius 2 is 2.40 bits per heavy atom. The van der Waals surface area contributed by atoms with Crippen LogP contribution in [-0.2, 0) is 6.42 Å². The van der Waals surface area contributed by atoms with Crippen LogP contribution in [0.25, 0.3) is 0 Å². The maximum Gasteiger partial charge on any atom is 0.161 e. The molecule has 0 radical (unpaired) electrons. The maximum atomic E-state index is 4.39. The van der Waals surface area contributed by atoms with Gasteiger partial charge in [-0.3, -0.25) is 4.99 Å². The SMILES string of the molecule is CCc1cc(Br)ccc1NC1=NCCS1. The zero-order chi connectivity index (χ0) is 10.7. The summed E-state index contributed by atoms with van der Waals surface area (Å²) in [5.41, 5.74) is 2.49. The Morgan fingerprint density at radius 1 is 1.53 bits per heavy atom. The van der Waals surface area contributed by atoms with Crippen LogP contribution >= 0.6 is 27.7 Å². The lowest BCUT2D eigenvalue weighted by Crippen LogP contribution is -2.06. The van der Waals surface area contributed by atoms with Crippen LogP contribution in [0.3, 0.4) is 0 Å². The minimum atomic E-state index is 0.936. The molecule has 0 amide bonds. The van der Waals surface area contributed by atoms with Gasteiger partial charge in [-0.05, 0) is 30.2 Å². The lowest BCUT2D eigenvalue weighted by Gasteiger charge is -2.10. The average Bonchev–Trinajstić information content (AvgIpc) is 2.73. The fourth-order valence-electron chi connectivity index (χ4n) is 1.50. The number of benzene rings is 1. The van der Waals surface area contributed by atoms with Crippen LogP contribution in [0.2, 0.25) is 0 Å². The van der Waals surface area contributed by atoms with Crippen molar-refractivity contribution in [1.29, 1.82) is 0 Å². The van der Waals surface area contributed by atoms with Gasteiger partial charge < -0.3 is 5.32 Å². The third-order valence-electron chi connectivity index (χ3n) is 2.28. The standard InChI is InChI=1S/C11H13BrN2S/c1-2-8-7-9(12)3-4-10(8)14-11-13-5-6-15-11/h3-4,7H,2,5-6H2,1H3,(H,13,14). The molecule has 0 aliphatic carbocycles. The third-order valence-corrected chi connectivity index (χ3v) is 3.66. The molecule has 1 N–H and O–H groups in total. The van der Waals surface area contributed by atoms with Crippen LogP contribution < -0.4 is 5.32 Å². The summed E-state index contributed by atoms with van der Waals surface area (Å²) < 4.78 is 1.13. The van der Waals surface area contributed by atoms with E-state index in [0.29, 0.717) is 0 Å². The number of aryl methyl sites for hydroxylation is 1. The van der Waals surface area contributed by atoms with E-state index in [1.54, 1.807) is 11.8 Å². The highest BCUT2D eigenvalue weighted by molar-refractivity contribution is 9.10. The number of nitrogens with zero attached hydrogens (tertiary/aromatic N) is 1. The fourth-order valence-corrected chi connectivity index (χ4v) is 2.65. The summed E-state index contributed by atoms with van der Waals surface area (Å²) in [4.78, 5) is 4.39. The van der Waals surface area contributed by atoms with E-state index in [1.807, 2.05) is 0 Å². The second-order valence-corrected chi connectivity index (χ2v) is 5.31. The molecule has 0 bridgehead atoms. The summed E-state index contributed by atoms with van der Waals surface area (Å²) in [6.45, 7) is 3.10. The first-order chi connectivity index (χ1) is 7.29. The lowest BCUT2D eigenvalue weighted by atomic mass is 10.1. The molecule has 0 unspecified atom stereocenters. The van der Waals surface area contributed by atoms with E-state index in [-0.39, 0.29) is 0 Å². The molecule has 0 saturated heterocycles.